The van der Waals surface area contributed by atoms with Crippen LogP contribution in [0.3, 0.4) is 0 Å². The quantitative estimate of drug-likeness (QED) is 0.0641. The predicted molar refractivity (Wildman–Crippen MR) is 280 cm³/mol. The number of pyridine rings is 1. The topological polar surface area (TPSA) is 222 Å². The number of nitrogens with one attached hydrogen (secondary N) is 3. The molecule has 2 aromatic carbocycles. The second-order valence-electron chi connectivity index (χ2n) is 21.1. The molecule has 2 bridgehead atoms. The number of aliphatic hydroxyl groups excluding tert-OH is 1. The highest BCUT2D eigenvalue weighted by Crippen LogP contribution is 2.42. The van der Waals surface area contributed by atoms with Gasteiger partial charge in [-0.15, -0.1) is 24.5 Å². The molecule has 4 unspecified atom stereocenters. The van der Waals surface area contributed by atoms with Crippen molar-refractivity contribution >= 4 is 50.8 Å². The molecule has 4 aliphatic heterocycles. The second kappa shape index (κ2) is 22.0. The van der Waals surface area contributed by atoms with Gasteiger partial charge in [-0.1, -0.05) is 38.1 Å². The molecule has 78 heavy (non-hydrogen) atoms. The van der Waals surface area contributed by atoms with Gasteiger partial charge in [-0.2, -0.15) is 15.1 Å². The molecular weight excluding hydrogens is 1040 g/mol. The van der Waals surface area contributed by atoms with Gasteiger partial charge in [0.05, 0.1) is 57.5 Å². The van der Waals surface area contributed by atoms with Crippen LogP contribution in [-0.2, 0) is 9.59 Å². The summed E-state index contributed by atoms with van der Waals surface area (Å²) < 4.78 is 80.3. The molecule has 4 aliphatic rings. The maximum atomic E-state index is 17.0. The monoisotopic (exact) mass is 1100 g/mol. The van der Waals surface area contributed by atoms with Gasteiger partial charge in [0.15, 0.2) is 11.6 Å². The molecule has 0 radical (unpaired) electrons. The van der Waals surface area contributed by atoms with Gasteiger partial charge < -0.3 is 44.3 Å². The number of alkyl halides is 3. The summed E-state index contributed by atoms with van der Waals surface area (Å²) in [5, 5.41) is 28.7. The Bertz CT molecular complexity index is 3280. The lowest BCUT2D eigenvalue weighted by Crippen LogP contribution is -2.51. The van der Waals surface area contributed by atoms with Gasteiger partial charge in [0.2, 0.25) is 11.8 Å². The number of likely N-dealkylation sites (tertiary alicyclic amines) is 2. The predicted octanol–water partition coefficient (Wildman–Crippen LogP) is 7.71. The van der Waals surface area contributed by atoms with Crippen molar-refractivity contribution in [3.8, 4) is 39.3 Å². The van der Waals surface area contributed by atoms with Crippen molar-refractivity contribution in [2.75, 3.05) is 57.4 Å². The van der Waals surface area contributed by atoms with E-state index in [1.165, 1.54) is 23.4 Å². The number of benzene rings is 2. The van der Waals surface area contributed by atoms with Crippen LogP contribution in [0.25, 0.3) is 43.5 Å². The number of anilines is 1. The van der Waals surface area contributed by atoms with Crippen molar-refractivity contribution in [3.63, 3.8) is 0 Å². The maximum absolute atomic E-state index is 17.0. The number of carbonyl (C=O) groups is 2. The van der Waals surface area contributed by atoms with Crippen LogP contribution in [0.15, 0.2) is 64.9 Å². The number of aromatic amines is 1. The SMILES string of the molecule is Cc1ncsc1-c1ccc(C(C)NC(=O)[C@@H]2C[C@@H](O)CN2C(=O)C(c2cc(OCC3CCN(CCOc4nc(N5CC6CCC(C5)N6)c5cnc(-c6c(OC(F)(F)F)ccc7[nH]ncc67)c(F)c5n4)CC3)no2)C(C)C)cc1. The van der Waals surface area contributed by atoms with E-state index < -0.39 is 41.7 Å². The summed E-state index contributed by atoms with van der Waals surface area (Å²) in [5.41, 5.74) is 4.31. The van der Waals surface area contributed by atoms with Crippen LogP contribution in [0.2, 0.25) is 0 Å². The number of hydrogen-bond donors (Lipinski definition) is 4. The minimum atomic E-state index is -5.06. The number of thiazole rings is 1. The fourth-order valence-corrected chi connectivity index (χ4v) is 12.2. The van der Waals surface area contributed by atoms with Gasteiger partial charge >= 0.3 is 12.4 Å². The molecule has 0 spiro atoms. The van der Waals surface area contributed by atoms with Crippen molar-refractivity contribution in [3.05, 3.63) is 83.2 Å². The summed E-state index contributed by atoms with van der Waals surface area (Å²) in [6.45, 7) is 11.4. The average Bonchev–Trinajstić information content (AvgIpc) is 4.42. The number of amides is 2. The highest BCUT2D eigenvalue weighted by atomic mass is 32.1. The van der Waals surface area contributed by atoms with Crippen LogP contribution in [0.1, 0.15) is 81.9 Å². The van der Waals surface area contributed by atoms with E-state index in [0.717, 1.165) is 66.5 Å². The molecule has 4 saturated heterocycles. The minimum Gasteiger partial charge on any atom is -0.475 e. The number of rotatable bonds is 17. The Labute approximate surface area is 450 Å². The van der Waals surface area contributed by atoms with E-state index in [1.54, 1.807) is 17.4 Å². The van der Waals surface area contributed by atoms with Crippen LogP contribution < -0.4 is 29.7 Å². The number of nitrogens with zero attached hydrogens (tertiary/aromatic N) is 9. The first-order valence-corrected chi connectivity index (χ1v) is 27.2. The third-order valence-corrected chi connectivity index (χ3v) is 16.4. The molecule has 6 atom stereocenters. The summed E-state index contributed by atoms with van der Waals surface area (Å²) >= 11 is 1.57. The molecule has 2 amide bonds. The van der Waals surface area contributed by atoms with Crippen LogP contribution in [0.4, 0.5) is 23.4 Å². The van der Waals surface area contributed by atoms with E-state index in [-0.39, 0.29) is 89.7 Å². The van der Waals surface area contributed by atoms with Crippen molar-refractivity contribution in [2.45, 2.75) is 102 Å². The summed E-state index contributed by atoms with van der Waals surface area (Å²) in [6.07, 6.45) is 0.445. The van der Waals surface area contributed by atoms with Crippen LogP contribution >= 0.6 is 11.3 Å². The molecule has 9 heterocycles. The maximum Gasteiger partial charge on any atom is 0.573 e. The number of carbonyl (C=O) groups excluding carboxylic acids is 2. The zero-order chi connectivity index (χ0) is 54.4. The molecule has 11 rings (SSSR count). The average molecular weight is 1100 g/mol. The third kappa shape index (κ3) is 11.2. The molecule has 0 aliphatic carbocycles. The minimum absolute atomic E-state index is 0.00996. The van der Waals surface area contributed by atoms with Crippen molar-refractivity contribution in [1.82, 2.24) is 55.7 Å². The Morgan fingerprint density at radius 2 is 1.73 bits per heavy atom. The number of piperazine rings is 1. The third-order valence-electron chi connectivity index (χ3n) is 15.4. The highest BCUT2D eigenvalue weighted by molar-refractivity contribution is 7.13. The number of aryl methyl sites for hydroxylation is 1. The summed E-state index contributed by atoms with van der Waals surface area (Å²) in [7, 11) is 0. The van der Waals surface area contributed by atoms with Gasteiger partial charge in [0, 0.05) is 62.3 Å². The van der Waals surface area contributed by atoms with Crippen molar-refractivity contribution in [1.29, 1.82) is 0 Å². The Hall–Kier alpha value is -7.02. The Kier molecular flexibility index (Phi) is 15.0. The summed E-state index contributed by atoms with van der Waals surface area (Å²) in [6, 6.07) is 11.2. The van der Waals surface area contributed by atoms with E-state index in [1.807, 2.05) is 57.5 Å². The normalized spacial score (nSPS) is 20.9. The number of fused-ring (bicyclic) bond motifs is 4. The van der Waals surface area contributed by atoms with E-state index >= 15 is 4.39 Å². The van der Waals surface area contributed by atoms with Gasteiger partial charge in [-0.05, 0) is 92.9 Å². The lowest BCUT2D eigenvalue weighted by molar-refractivity contribution is -0.274. The lowest BCUT2D eigenvalue weighted by atomic mass is 9.91. The summed E-state index contributed by atoms with van der Waals surface area (Å²) in [4.78, 5) is 52.9. The van der Waals surface area contributed by atoms with Crippen LogP contribution in [0, 0.1) is 24.6 Å². The zero-order valence-corrected chi connectivity index (χ0v) is 44.2. The molecule has 4 fully saturated rings. The number of β-amino-alcohol motifs (C(OH)–C–C–N with tert-alkyl or cyclic N) is 1. The molecule has 24 heteroatoms. The number of H-pyrrole nitrogens is 1. The van der Waals surface area contributed by atoms with Crippen molar-refractivity contribution < 1.29 is 51.0 Å². The van der Waals surface area contributed by atoms with E-state index in [9.17, 15) is 27.9 Å². The van der Waals surface area contributed by atoms with Crippen LogP contribution in [0.5, 0.6) is 17.6 Å². The van der Waals surface area contributed by atoms with Gasteiger partial charge in [-0.3, -0.25) is 24.6 Å². The molecule has 19 nitrogen and oxygen atoms in total. The number of ether oxygens (including phenoxy) is 3. The standard InChI is InChI=1S/C54H60F4N12O7S/c1-28(2)44(52(73)70-25-36(71)19-40(70)51(72)62-29(3)32-5-7-33(8-6-32)49-30(4)60-27-78-49)42-20-43(67-77-42)75-26-31-13-15-68(16-14-31)17-18-74-53-64-47-38(50(65-53)69-23-34-9-10-35(24-69)63-34)21-59-48(46(47)55)45-37-22-61-66-39(37)11-12-41(45)76-54(56,57)58/h5-8,11-12,20-22,27-29,31,34-36,40,44,63,71H,9-10,13-19,23-26H2,1-4H3,(H,61,66)(H,62,72)/t29?,34?,35?,36-,40+,44?/m1/s1. The van der Waals surface area contributed by atoms with Crippen LogP contribution in [-0.4, -0.2) is 145 Å². The second-order valence-corrected chi connectivity index (χ2v) is 22.0. The number of aliphatic hydroxyl groups is 1. The van der Waals surface area contributed by atoms with Crippen molar-refractivity contribution in [2.24, 2.45) is 11.8 Å². The first-order valence-electron chi connectivity index (χ1n) is 26.4. The Balaban J connectivity index is 0.703. The molecule has 4 N–H and O–H groups in total. The fraction of sp³-hybridized carbons (Fsp3) is 0.481. The smallest absolute Gasteiger partial charge is 0.475 e. The van der Waals surface area contributed by atoms with E-state index in [0.29, 0.717) is 48.7 Å². The number of aromatic nitrogens is 7. The largest absolute Gasteiger partial charge is 0.573 e. The molecule has 7 aromatic rings. The molecule has 0 saturated carbocycles. The number of halogens is 4. The van der Waals surface area contributed by atoms with Gasteiger partial charge in [-0.25, -0.2) is 9.37 Å². The lowest BCUT2D eigenvalue weighted by Gasteiger charge is -2.34. The molecule has 412 valence electrons. The first kappa shape index (κ1) is 53.0. The van der Waals surface area contributed by atoms with Gasteiger partial charge in [0.25, 0.3) is 5.88 Å². The number of piperidine rings is 1. The first-order chi connectivity index (χ1) is 37.5. The van der Waals surface area contributed by atoms with Gasteiger partial charge in [0.1, 0.15) is 41.3 Å². The Morgan fingerprint density at radius 1 is 0.962 bits per heavy atom. The van der Waals surface area contributed by atoms with E-state index in [2.05, 4.69) is 55.5 Å². The molecular formula is C54H60F4N12O7S. The zero-order valence-electron chi connectivity index (χ0n) is 43.4. The molecule has 5 aromatic heterocycles. The highest BCUT2D eigenvalue weighted by Gasteiger charge is 2.44. The summed E-state index contributed by atoms with van der Waals surface area (Å²) in [5.74, 6) is -2.12. The Morgan fingerprint density at radius 3 is 2.45 bits per heavy atom. The fourth-order valence-electron chi connectivity index (χ4n) is 11.4. The number of hydrogen-bond acceptors (Lipinski definition) is 17. The van der Waals surface area contributed by atoms with E-state index in [4.69, 9.17) is 19.0 Å².